The van der Waals surface area contributed by atoms with E-state index in [0.717, 1.165) is 77.0 Å². The Labute approximate surface area is 278 Å². The van der Waals surface area contributed by atoms with Crippen molar-refractivity contribution < 1.29 is 30.0 Å². The molecule has 0 aromatic rings. The van der Waals surface area contributed by atoms with Gasteiger partial charge in [0.15, 0.2) is 0 Å². The molecule has 0 bridgehead atoms. The van der Waals surface area contributed by atoms with Crippen LogP contribution in [0.15, 0.2) is 0 Å². The van der Waals surface area contributed by atoms with Crippen LogP contribution in [0.4, 0.5) is 0 Å². The van der Waals surface area contributed by atoms with Gasteiger partial charge in [-0.15, -0.1) is 0 Å². The van der Waals surface area contributed by atoms with E-state index < -0.39 is 11.9 Å². The van der Waals surface area contributed by atoms with Crippen molar-refractivity contribution in [3.63, 3.8) is 0 Å². The zero-order valence-corrected chi connectivity index (χ0v) is 28.0. The Bertz CT molecular complexity index is 512. The number of carboxylic acid groups (broad SMARTS) is 2. The summed E-state index contributed by atoms with van der Waals surface area (Å²) in [5.41, 5.74) is 0. The molecule has 0 fully saturated rings. The van der Waals surface area contributed by atoms with Crippen LogP contribution in [0.2, 0.25) is 0 Å². The second kappa shape index (κ2) is 39.5. The first-order chi connectivity index (χ1) is 20.3. The number of aliphatic hydroxyl groups is 2. The van der Waals surface area contributed by atoms with Crippen LogP contribution in [-0.2, 0) is 9.59 Å². The third-order valence-corrected chi connectivity index (χ3v) is 8.14. The topological polar surface area (TPSA) is 115 Å². The molecule has 0 heterocycles. The molecule has 7 heteroatoms. The Kier molecular flexibility index (Phi) is 43.0. The van der Waals surface area contributed by atoms with Gasteiger partial charge in [0.1, 0.15) is 0 Å². The van der Waals surface area contributed by atoms with E-state index >= 15 is 0 Å². The predicted molar refractivity (Wildman–Crippen MR) is 184 cm³/mol. The number of unbranched alkanes of at least 4 members (excludes halogenated alkanes) is 20. The Morgan fingerprint density at radius 2 is 0.605 bits per heavy atom. The fraction of sp³-hybridized carbons (Fsp3) is 0.944. The Balaban J connectivity index is -0.000000727. The van der Waals surface area contributed by atoms with Crippen molar-refractivity contribution in [3.8, 4) is 0 Å². The van der Waals surface area contributed by atoms with E-state index in [-0.39, 0.29) is 31.1 Å². The summed E-state index contributed by atoms with van der Waals surface area (Å²) < 4.78 is 0. The minimum absolute atomic E-state index is 0. The van der Waals surface area contributed by atoms with Gasteiger partial charge in [-0.1, -0.05) is 155 Å². The molecule has 0 aromatic heterocycles. The van der Waals surface area contributed by atoms with E-state index in [1.54, 1.807) is 0 Å². The third-order valence-electron chi connectivity index (χ3n) is 8.14. The fourth-order valence-corrected chi connectivity index (χ4v) is 5.34. The van der Waals surface area contributed by atoms with E-state index in [1.165, 1.54) is 103 Å². The number of carbonyl (C=O) groups is 2. The zero-order valence-electron chi connectivity index (χ0n) is 28.0. The Morgan fingerprint density at radius 1 is 0.395 bits per heavy atom. The standard InChI is InChI=1S/2C18H36O3.Li.H/c2*1-2-3-4-11-14-17(19)15-12-9-7-5-6-8-10-13-16-18(20)21;;/h2*17,19H,2-16H2,1H3,(H,20,21);;. The SMILES string of the molecule is CCCCCCC(O)CCCCCCCCCCC(=O)O.CCCCCCC(O)CCCCCCCCCCC(=O)O.[LiH]. The zero-order chi connectivity index (χ0) is 31.5. The molecule has 0 amide bonds. The van der Waals surface area contributed by atoms with Gasteiger partial charge in [0.25, 0.3) is 0 Å². The first-order valence-electron chi connectivity index (χ1n) is 18.1. The van der Waals surface area contributed by atoms with Crippen molar-refractivity contribution in [2.75, 3.05) is 0 Å². The number of carboxylic acids is 2. The van der Waals surface area contributed by atoms with Gasteiger partial charge < -0.3 is 20.4 Å². The average Bonchev–Trinajstić information content (AvgIpc) is 2.95. The monoisotopic (exact) mass is 609 g/mol. The maximum atomic E-state index is 10.3. The van der Waals surface area contributed by atoms with Crippen LogP contribution >= 0.6 is 0 Å². The van der Waals surface area contributed by atoms with Crippen molar-refractivity contribution in [1.29, 1.82) is 0 Å². The van der Waals surface area contributed by atoms with Crippen LogP contribution in [-0.4, -0.2) is 63.4 Å². The number of hydrogen-bond acceptors (Lipinski definition) is 4. The molecule has 0 radical (unpaired) electrons. The molecule has 0 saturated heterocycles. The van der Waals surface area contributed by atoms with Crippen LogP contribution in [0.1, 0.15) is 206 Å². The van der Waals surface area contributed by atoms with E-state index in [0.29, 0.717) is 12.8 Å². The molecule has 4 N–H and O–H groups in total. The summed E-state index contributed by atoms with van der Waals surface area (Å²) >= 11 is 0. The van der Waals surface area contributed by atoms with Crippen LogP contribution in [0.3, 0.4) is 0 Å². The molecule has 0 saturated carbocycles. The molecule has 2 unspecified atom stereocenters. The van der Waals surface area contributed by atoms with Crippen LogP contribution < -0.4 is 0 Å². The molecule has 0 aliphatic rings. The van der Waals surface area contributed by atoms with E-state index in [2.05, 4.69) is 13.8 Å². The summed E-state index contributed by atoms with van der Waals surface area (Å²) in [5, 5.41) is 36.7. The van der Waals surface area contributed by atoms with Crippen molar-refractivity contribution in [2.45, 2.75) is 219 Å². The summed E-state index contributed by atoms with van der Waals surface area (Å²) in [7, 11) is 0. The Morgan fingerprint density at radius 3 is 0.837 bits per heavy atom. The molecule has 254 valence electrons. The average molecular weight is 609 g/mol. The molecule has 0 aromatic carbocycles. The van der Waals surface area contributed by atoms with Crippen molar-refractivity contribution in [1.82, 2.24) is 0 Å². The molecule has 43 heavy (non-hydrogen) atoms. The molecule has 0 aliphatic carbocycles. The van der Waals surface area contributed by atoms with Gasteiger partial charge in [0.05, 0.1) is 12.2 Å². The van der Waals surface area contributed by atoms with E-state index in [1.807, 2.05) is 0 Å². The van der Waals surface area contributed by atoms with Gasteiger partial charge >= 0.3 is 30.8 Å². The van der Waals surface area contributed by atoms with E-state index in [4.69, 9.17) is 10.2 Å². The third kappa shape index (κ3) is 46.0. The first-order valence-corrected chi connectivity index (χ1v) is 18.1. The van der Waals surface area contributed by atoms with E-state index in [9.17, 15) is 19.8 Å². The molecule has 0 aliphatic heterocycles. The van der Waals surface area contributed by atoms with Gasteiger partial charge in [0, 0.05) is 12.8 Å². The van der Waals surface area contributed by atoms with Gasteiger partial charge in [-0.25, -0.2) is 0 Å². The van der Waals surface area contributed by atoms with Crippen LogP contribution in [0.25, 0.3) is 0 Å². The molecule has 0 rings (SSSR count). The quantitative estimate of drug-likeness (QED) is 0.0446. The van der Waals surface area contributed by atoms with Crippen molar-refractivity contribution >= 4 is 30.8 Å². The summed E-state index contributed by atoms with van der Waals surface area (Å²) in [6.45, 7) is 4.42. The molecule has 6 nitrogen and oxygen atoms in total. The van der Waals surface area contributed by atoms with Gasteiger partial charge in [-0.05, 0) is 38.5 Å². The van der Waals surface area contributed by atoms with Crippen LogP contribution in [0, 0.1) is 0 Å². The summed E-state index contributed by atoms with van der Waals surface area (Å²) in [6.07, 6.45) is 32.5. The fourth-order valence-electron chi connectivity index (χ4n) is 5.34. The summed E-state index contributed by atoms with van der Waals surface area (Å²) in [4.78, 5) is 20.7. The van der Waals surface area contributed by atoms with Crippen LogP contribution in [0.5, 0.6) is 0 Å². The number of hydrogen-bond donors (Lipinski definition) is 4. The second-order valence-corrected chi connectivity index (χ2v) is 12.5. The first kappa shape index (κ1) is 46.9. The number of aliphatic hydroxyl groups excluding tert-OH is 2. The van der Waals surface area contributed by atoms with Gasteiger partial charge in [-0.2, -0.15) is 0 Å². The molecule has 0 spiro atoms. The minimum atomic E-state index is -0.678. The predicted octanol–water partition coefficient (Wildman–Crippen LogP) is 9.96. The summed E-state index contributed by atoms with van der Waals surface area (Å²) in [5.74, 6) is -1.36. The summed E-state index contributed by atoms with van der Waals surface area (Å²) in [6, 6.07) is 0. The number of rotatable bonds is 32. The van der Waals surface area contributed by atoms with Gasteiger partial charge in [-0.3, -0.25) is 9.59 Å². The second-order valence-electron chi connectivity index (χ2n) is 12.5. The normalized spacial score (nSPS) is 12.2. The maximum absolute atomic E-state index is 10.3. The van der Waals surface area contributed by atoms with Crippen molar-refractivity contribution in [3.05, 3.63) is 0 Å². The Hall–Kier alpha value is -0.543. The molecular weight excluding hydrogens is 535 g/mol. The van der Waals surface area contributed by atoms with Crippen molar-refractivity contribution in [2.24, 2.45) is 0 Å². The number of aliphatic carboxylic acids is 2. The molecule has 2 atom stereocenters. The molecular formula is C36H73LiO6. The van der Waals surface area contributed by atoms with Gasteiger partial charge in [0.2, 0.25) is 0 Å².